The quantitative estimate of drug-likeness (QED) is 0.715. The molecule has 2 amide bonds. The van der Waals surface area contributed by atoms with Crippen molar-refractivity contribution in [2.45, 2.75) is 45.8 Å². The van der Waals surface area contributed by atoms with E-state index in [1.54, 1.807) is 4.90 Å². The number of nitrogens with one attached hydrogen (secondary N) is 1. The fourth-order valence-corrected chi connectivity index (χ4v) is 4.56. The Hall–Kier alpha value is -3.23. The van der Waals surface area contributed by atoms with Crippen molar-refractivity contribution < 1.29 is 23.5 Å². The average molecular weight is 445 g/mol. The molecule has 170 valence electrons. The van der Waals surface area contributed by atoms with E-state index in [2.05, 4.69) is 12.2 Å². The Kier molecular flexibility index (Phi) is 5.75. The molecule has 0 spiro atoms. The maximum absolute atomic E-state index is 13.8. The monoisotopic (exact) mass is 445 g/mol. The summed E-state index contributed by atoms with van der Waals surface area (Å²) in [6.45, 7) is 4.64. The largest absolute Gasteiger partial charge is 0.503 e. The molecular formula is C23H25F2N3O4. The number of carbonyl (C=O) groups is 2. The molecule has 1 saturated carbocycles. The van der Waals surface area contributed by atoms with Gasteiger partial charge in [0.25, 0.3) is 11.8 Å². The minimum absolute atomic E-state index is 0.0489. The van der Waals surface area contributed by atoms with Crippen LogP contribution < -0.4 is 10.7 Å². The van der Waals surface area contributed by atoms with Crippen LogP contribution in [0.3, 0.4) is 0 Å². The average Bonchev–Trinajstić information content (AvgIpc) is 3.47. The molecule has 1 aliphatic carbocycles. The zero-order valence-electron chi connectivity index (χ0n) is 17.9. The molecule has 1 aromatic carbocycles. The van der Waals surface area contributed by atoms with Gasteiger partial charge in [0.15, 0.2) is 11.4 Å². The van der Waals surface area contributed by atoms with E-state index in [0.717, 1.165) is 18.9 Å². The molecule has 0 radical (unpaired) electrons. The second-order valence-electron chi connectivity index (χ2n) is 8.53. The van der Waals surface area contributed by atoms with Gasteiger partial charge in [-0.05, 0) is 30.7 Å². The third kappa shape index (κ3) is 3.87. The molecule has 2 aromatic rings. The van der Waals surface area contributed by atoms with E-state index < -0.39 is 34.6 Å². The number of rotatable bonds is 6. The normalized spacial score (nSPS) is 20.6. The van der Waals surface area contributed by atoms with Gasteiger partial charge in [-0.25, -0.2) is 8.78 Å². The number of aromatic nitrogens is 1. The van der Waals surface area contributed by atoms with Crippen LogP contribution in [0.25, 0.3) is 0 Å². The van der Waals surface area contributed by atoms with Gasteiger partial charge in [-0.2, -0.15) is 0 Å². The molecule has 7 nitrogen and oxygen atoms in total. The highest BCUT2D eigenvalue weighted by atomic mass is 19.1. The van der Waals surface area contributed by atoms with E-state index in [1.165, 1.54) is 16.8 Å². The third-order valence-corrected chi connectivity index (χ3v) is 6.49. The summed E-state index contributed by atoms with van der Waals surface area (Å²) < 4.78 is 28.3. The highest BCUT2D eigenvalue weighted by molar-refractivity contribution is 5.99. The maximum atomic E-state index is 13.8. The van der Waals surface area contributed by atoms with E-state index in [1.807, 2.05) is 6.92 Å². The highest BCUT2D eigenvalue weighted by Gasteiger charge is 2.44. The van der Waals surface area contributed by atoms with Crippen molar-refractivity contribution in [3.8, 4) is 5.75 Å². The Labute approximate surface area is 183 Å². The number of hydrogen-bond donors (Lipinski definition) is 2. The number of carbonyl (C=O) groups excluding carboxylic acids is 2. The van der Waals surface area contributed by atoms with Crippen LogP contribution >= 0.6 is 0 Å². The van der Waals surface area contributed by atoms with Gasteiger partial charge < -0.3 is 19.9 Å². The van der Waals surface area contributed by atoms with Crippen molar-refractivity contribution in [3.63, 3.8) is 0 Å². The second-order valence-corrected chi connectivity index (χ2v) is 8.53. The van der Waals surface area contributed by atoms with Crippen molar-refractivity contribution in [2.24, 2.45) is 11.8 Å². The van der Waals surface area contributed by atoms with Crippen molar-refractivity contribution in [3.05, 3.63) is 63.1 Å². The lowest BCUT2D eigenvalue weighted by Crippen LogP contribution is -2.48. The van der Waals surface area contributed by atoms with E-state index >= 15 is 0 Å². The van der Waals surface area contributed by atoms with Gasteiger partial charge in [0.1, 0.15) is 17.2 Å². The number of nitrogens with zero attached hydrogens (tertiary/aromatic N) is 2. The maximum Gasteiger partial charge on any atom is 0.274 e. The van der Waals surface area contributed by atoms with Crippen molar-refractivity contribution in [1.29, 1.82) is 0 Å². The van der Waals surface area contributed by atoms with E-state index in [9.17, 15) is 28.3 Å². The van der Waals surface area contributed by atoms with E-state index in [4.69, 9.17) is 0 Å². The van der Waals surface area contributed by atoms with Crippen molar-refractivity contribution in [2.75, 3.05) is 6.54 Å². The molecule has 9 heteroatoms. The van der Waals surface area contributed by atoms with Gasteiger partial charge in [0.05, 0.1) is 0 Å². The number of aromatic hydroxyl groups is 1. The lowest BCUT2D eigenvalue weighted by Gasteiger charge is -2.36. The zero-order chi connectivity index (χ0) is 23.2. The summed E-state index contributed by atoms with van der Waals surface area (Å²) in [5.74, 6) is -2.61. The lowest BCUT2D eigenvalue weighted by molar-refractivity contribution is 0.0571. The van der Waals surface area contributed by atoms with Gasteiger partial charge >= 0.3 is 0 Å². The third-order valence-electron chi connectivity index (χ3n) is 6.49. The molecule has 2 unspecified atom stereocenters. The van der Waals surface area contributed by atoms with Crippen LogP contribution in [0.4, 0.5) is 8.78 Å². The Morgan fingerprint density at radius 3 is 2.62 bits per heavy atom. The summed E-state index contributed by atoms with van der Waals surface area (Å²) >= 11 is 0. The van der Waals surface area contributed by atoms with Gasteiger partial charge in [-0.1, -0.05) is 19.9 Å². The molecule has 1 aliphatic heterocycles. The Morgan fingerprint density at radius 1 is 1.28 bits per heavy atom. The van der Waals surface area contributed by atoms with Gasteiger partial charge in [-0.15, -0.1) is 0 Å². The lowest BCUT2D eigenvalue weighted by atomic mass is 10.0. The molecule has 1 fully saturated rings. The van der Waals surface area contributed by atoms with Crippen LogP contribution in [0.1, 0.15) is 53.1 Å². The molecule has 1 aromatic heterocycles. The summed E-state index contributed by atoms with van der Waals surface area (Å²) in [5, 5.41) is 12.9. The zero-order valence-corrected chi connectivity index (χ0v) is 17.9. The topological polar surface area (TPSA) is 91.6 Å². The first kappa shape index (κ1) is 22.0. The standard InChI is InChI=1S/C23H25F2N3O4/c1-3-18(15-8-12(15)2)28-7-6-27-11-16(20(29)21(30)19(27)23(28)32)22(31)26-10-13-4-5-14(24)9-17(13)25/h4-5,9,11-12,15,18,30H,3,6-8,10H2,1-2H3,(H,26,31)/t12?,15?,18-/m1/s1. The summed E-state index contributed by atoms with van der Waals surface area (Å²) in [4.78, 5) is 40.1. The first-order valence-electron chi connectivity index (χ1n) is 10.7. The molecule has 0 saturated heterocycles. The molecule has 2 aliphatic rings. The summed E-state index contributed by atoms with van der Waals surface area (Å²) in [6.07, 6.45) is 3.09. The molecule has 32 heavy (non-hydrogen) atoms. The van der Waals surface area contributed by atoms with Gasteiger partial charge in [0.2, 0.25) is 5.43 Å². The number of fused-ring (bicyclic) bond motifs is 1. The molecule has 2 heterocycles. The van der Waals surface area contributed by atoms with Crippen LogP contribution in [0.2, 0.25) is 0 Å². The minimum atomic E-state index is -0.962. The van der Waals surface area contributed by atoms with E-state index in [-0.39, 0.29) is 29.4 Å². The van der Waals surface area contributed by atoms with Crippen molar-refractivity contribution >= 4 is 11.8 Å². The number of hydrogen-bond acceptors (Lipinski definition) is 4. The van der Waals surface area contributed by atoms with Crippen LogP contribution in [-0.2, 0) is 13.1 Å². The summed E-state index contributed by atoms with van der Waals surface area (Å²) in [7, 11) is 0. The fourth-order valence-electron chi connectivity index (χ4n) is 4.56. The molecule has 3 atom stereocenters. The highest BCUT2D eigenvalue weighted by Crippen LogP contribution is 2.44. The SMILES string of the molecule is CC[C@H](C1CC1C)N1CCn2cc(C(=O)NCc3ccc(F)cc3F)c(=O)c(O)c2C1=O. The van der Waals surface area contributed by atoms with E-state index in [0.29, 0.717) is 31.0 Å². The summed E-state index contributed by atoms with van der Waals surface area (Å²) in [5.41, 5.74) is -1.38. The van der Waals surface area contributed by atoms with Crippen LogP contribution in [0, 0.1) is 23.5 Å². The Balaban J connectivity index is 1.57. The van der Waals surface area contributed by atoms with Crippen LogP contribution in [0.5, 0.6) is 5.75 Å². The second kappa shape index (κ2) is 8.37. The number of pyridine rings is 1. The molecule has 4 rings (SSSR count). The minimum Gasteiger partial charge on any atom is -0.503 e. The predicted molar refractivity (Wildman–Crippen MR) is 112 cm³/mol. The summed E-state index contributed by atoms with van der Waals surface area (Å²) in [6, 6.07) is 3.01. The first-order chi connectivity index (χ1) is 15.2. The Bertz CT molecular complexity index is 1150. The fraction of sp³-hybridized carbons (Fsp3) is 0.435. The van der Waals surface area contributed by atoms with Crippen LogP contribution in [-0.4, -0.2) is 39.0 Å². The Morgan fingerprint density at radius 2 is 2.00 bits per heavy atom. The molecule has 2 N–H and O–H groups in total. The number of benzene rings is 1. The predicted octanol–water partition coefficient (Wildman–Crippen LogP) is 2.65. The number of amides is 2. The van der Waals surface area contributed by atoms with Crippen molar-refractivity contribution in [1.82, 2.24) is 14.8 Å². The van der Waals surface area contributed by atoms with Gasteiger partial charge in [-0.3, -0.25) is 14.4 Å². The van der Waals surface area contributed by atoms with Gasteiger partial charge in [0, 0.05) is 43.5 Å². The first-order valence-corrected chi connectivity index (χ1v) is 10.7. The smallest absolute Gasteiger partial charge is 0.274 e. The molecule has 0 bridgehead atoms. The van der Waals surface area contributed by atoms with Crippen LogP contribution in [0.15, 0.2) is 29.2 Å². The molecular weight excluding hydrogens is 420 g/mol. The number of halogens is 2.